The summed E-state index contributed by atoms with van der Waals surface area (Å²) in [6, 6.07) is 7.65. The fourth-order valence-corrected chi connectivity index (χ4v) is 3.81. The van der Waals surface area contributed by atoms with Crippen molar-refractivity contribution in [2.75, 3.05) is 18.4 Å². The summed E-state index contributed by atoms with van der Waals surface area (Å²) in [6.07, 6.45) is 0. The molecule has 1 aliphatic rings. The maximum absolute atomic E-state index is 12.3. The first kappa shape index (κ1) is 17.4. The van der Waals surface area contributed by atoms with Gasteiger partial charge in [-0.05, 0) is 24.3 Å². The second-order valence-electron chi connectivity index (χ2n) is 5.92. The molecule has 2 aromatic heterocycles. The van der Waals surface area contributed by atoms with Gasteiger partial charge in [0.15, 0.2) is 10.9 Å². The zero-order chi connectivity index (χ0) is 19.1. The highest BCUT2D eigenvalue weighted by atomic mass is 35.5. The molecule has 1 aromatic carbocycles. The number of nitrogens with zero attached hydrogens (tertiary/aromatic N) is 3. The van der Waals surface area contributed by atoms with Crippen molar-refractivity contribution in [1.29, 1.82) is 0 Å². The van der Waals surface area contributed by atoms with Gasteiger partial charge >= 0.3 is 5.88 Å². The number of fused-ring (bicyclic) bond motifs is 1. The Bertz CT molecular complexity index is 1070. The van der Waals surface area contributed by atoms with Crippen LogP contribution in [-0.2, 0) is 4.79 Å². The van der Waals surface area contributed by atoms with Crippen LogP contribution in [0.3, 0.4) is 0 Å². The van der Waals surface area contributed by atoms with Gasteiger partial charge in [-0.1, -0.05) is 22.9 Å². The standard InChI is InChI=1S/C16H11ClN4O5S/c17-9-1-2-10-12(5-9)27-16(18-10)19-14(22)8-6-20(7-8)15(23)11-3-4-13(26-11)21(24)25/h1-5,8H,6-7H2,(H,18,19,22). The lowest BCUT2D eigenvalue weighted by atomic mass is 9.99. The fraction of sp³-hybridized carbons (Fsp3) is 0.188. The van der Waals surface area contributed by atoms with Crippen LogP contribution in [0.4, 0.5) is 11.0 Å². The van der Waals surface area contributed by atoms with Crippen molar-refractivity contribution in [2.24, 2.45) is 5.92 Å². The van der Waals surface area contributed by atoms with Crippen LogP contribution in [0.15, 0.2) is 34.7 Å². The van der Waals surface area contributed by atoms with E-state index >= 15 is 0 Å². The predicted octanol–water partition coefficient (Wildman–Crippen LogP) is 3.16. The Morgan fingerprint density at radius 2 is 2.11 bits per heavy atom. The van der Waals surface area contributed by atoms with E-state index in [0.29, 0.717) is 10.2 Å². The Balaban J connectivity index is 1.36. The van der Waals surface area contributed by atoms with Gasteiger partial charge in [-0.3, -0.25) is 19.7 Å². The summed E-state index contributed by atoms with van der Waals surface area (Å²) in [4.78, 5) is 40.1. The van der Waals surface area contributed by atoms with Crippen LogP contribution in [0, 0.1) is 16.0 Å². The number of rotatable bonds is 4. The molecule has 3 aromatic rings. The molecular weight excluding hydrogens is 396 g/mol. The third-order valence-electron chi connectivity index (χ3n) is 4.10. The minimum atomic E-state index is -0.714. The van der Waals surface area contributed by atoms with Crippen molar-refractivity contribution in [3.63, 3.8) is 0 Å². The van der Waals surface area contributed by atoms with Gasteiger partial charge in [0.25, 0.3) is 5.91 Å². The molecule has 27 heavy (non-hydrogen) atoms. The first-order valence-corrected chi connectivity index (χ1v) is 9.00. The fourth-order valence-electron chi connectivity index (χ4n) is 2.67. The van der Waals surface area contributed by atoms with Crippen LogP contribution < -0.4 is 5.32 Å². The Morgan fingerprint density at radius 1 is 1.33 bits per heavy atom. The topological polar surface area (TPSA) is 119 Å². The summed E-state index contributed by atoms with van der Waals surface area (Å²) in [7, 11) is 0. The number of thiazole rings is 1. The van der Waals surface area contributed by atoms with E-state index in [1.54, 1.807) is 18.2 Å². The summed E-state index contributed by atoms with van der Waals surface area (Å²) < 4.78 is 5.75. The van der Waals surface area contributed by atoms with Crippen LogP contribution in [-0.4, -0.2) is 39.7 Å². The van der Waals surface area contributed by atoms with Crippen molar-refractivity contribution < 1.29 is 18.9 Å². The third-order valence-corrected chi connectivity index (χ3v) is 5.27. The molecule has 0 saturated carbocycles. The van der Waals surface area contributed by atoms with Crippen LogP contribution in [0.1, 0.15) is 10.6 Å². The lowest BCUT2D eigenvalue weighted by Gasteiger charge is -2.37. The van der Waals surface area contributed by atoms with E-state index in [-0.39, 0.29) is 30.7 Å². The number of aromatic nitrogens is 1. The van der Waals surface area contributed by atoms with Gasteiger partial charge < -0.3 is 14.6 Å². The number of carbonyl (C=O) groups excluding carboxylic acids is 2. The molecule has 3 heterocycles. The Morgan fingerprint density at radius 3 is 2.81 bits per heavy atom. The maximum Gasteiger partial charge on any atom is 0.433 e. The Hall–Kier alpha value is -2.98. The van der Waals surface area contributed by atoms with Crippen molar-refractivity contribution in [3.8, 4) is 0 Å². The van der Waals surface area contributed by atoms with Crippen LogP contribution in [0.2, 0.25) is 5.02 Å². The molecule has 0 spiro atoms. The molecule has 138 valence electrons. The van der Waals surface area contributed by atoms with E-state index in [9.17, 15) is 19.7 Å². The SMILES string of the molecule is O=C(Nc1nc2ccc(Cl)cc2s1)C1CN(C(=O)c2ccc([N+](=O)[O-])o2)C1. The number of hydrogen-bond acceptors (Lipinski definition) is 7. The van der Waals surface area contributed by atoms with E-state index in [2.05, 4.69) is 10.3 Å². The van der Waals surface area contributed by atoms with Crippen LogP contribution >= 0.6 is 22.9 Å². The minimum Gasteiger partial charge on any atom is -0.395 e. The first-order chi connectivity index (χ1) is 12.9. The molecule has 0 atom stereocenters. The van der Waals surface area contributed by atoms with Gasteiger partial charge in [0, 0.05) is 18.1 Å². The molecular formula is C16H11ClN4O5S. The zero-order valence-corrected chi connectivity index (χ0v) is 15.1. The average molecular weight is 407 g/mol. The van der Waals surface area contributed by atoms with E-state index in [1.807, 2.05) is 0 Å². The smallest absolute Gasteiger partial charge is 0.395 e. The van der Waals surface area contributed by atoms with Gasteiger partial charge in [0.1, 0.15) is 4.92 Å². The summed E-state index contributed by atoms with van der Waals surface area (Å²) >= 11 is 7.25. The molecule has 0 radical (unpaired) electrons. The number of nitro groups is 1. The van der Waals surface area contributed by atoms with Crippen molar-refractivity contribution in [1.82, 2.24) is 9.88 Å². The average Bonchev–Trinajstić information content (AvgIpc) is 3.19. The largest absolute Gasteiger partial charge is 0.433 e. The highest BCUT2D eigenvalue weighted by Crippen LogP contribution is 2.29. The van der Waals surface area contributed by atoms with Gasteiger partial charge in [0.05, 0.1) is 22.2 Å². The van der Waals surface area contributed by atoms with E-state index < -0.39 is 16.7 Å². The molecule has 4 rings (SSSR count). The highest BCUT2D eigenvalue weighted by molar-refractivity contribution is 7.22. The number of nitrogens with one attached hydrogen (secondary N) is 1. The summed E-state index contributed by atoms with van der Waals surface area (Å²) in [6.45, 7) is 0.409. The van der Waals surface area contributed by atoms with Gasteiger partial charge in [0.2, 0.25) is 5.91 Å². The van der Waals surface area contributed by atoms with Crippen molar-refractivity contribution >= 4 is 56.0 Å². The number of amides is 2. The molecule has 0 bridgehead atoms. The molecule has 1 saturated heterocycles. The monoisotopic (exact) mass is 406 g/mol. The highest BCUT2D eigenvalue weighted by Gasteiger charge is 2.37. The number of halogens is 1. The number of carbonyl (C=O) groups is 2. The predicted molar refractivity (Wildman–Crippen MR) is 98.0 cm³/mol. The number of benzene rings is 1. The van der Waals surface area contributed by atoms with Crippen molar-refractivity contribution in [3.05, 3.63) is 51.2 Å². The summed E-state index contributed by atoms with van der Waals surface area (Å²) in [5.41, 5.74) is 0.740. The number of furan rings is 1. The molecule has 1 aliphatic heterocycles. The molecule has 0 unspecified atom stereocenters. The molecule has 2 amide bonds. The molecule has 1 fully saturated rings. The molecule has 1 N–H and O–H groups in total. The number of anilines is 1. The van der Waals surface area contributed by atoms with Crippen LogP contribution in [0.25, 0.3) is 10.2 Å². The normalized spacial score (nSPS) is 14.2. The quantitative estimate of drug-likeness (QED) is 0.525. The van der Waals surface area contributed by atoms with E-state index in [0.717, 1.165) is 16.3 Å². The summed E-state index contributed by atoms with van der Waals surface area (Å²) in [5, 5.41) is 14.4. The minimum absolute atomic E-state index is 0.122. The summed E-state index contributed by atoms with van der Waals surface area (Å²) in [5.74, 6) is -1.72. The van der Waals surface area contributed by atoms with Gasteiger partial charge in [-0.15, -0.1) is 0 Å². The lowest BCUT2D eigenvalue weighted by Crippen LogP contribution is -2.54. The molecule has 11 heteroatoms. The van der Waals surface area contributed by atoms with Crippen LogP contribution in [0.5, 0.6) is 0 Å². The van der Waals surface area contributed by atoms with E-state index in [4.69, 9.17) is 16.0 Å². The second kappa shape index (κ2) is 6.63. The maximum atomic E-state index is 12.3. The first-order valence-electron chi connectivity index (χ1n) is 7.81. The zero-order valence-electron chi connectivity index (χ0n) is 13.5. The molecule has 0 aliphatic carbocycles. The second-order valence-corrected chi connectivity index (χ2v) is 7.39. The number of hydrogen-bond donors (Lipinski definition) is 1. The Kier molecular flexibility index (Phi) is 4.28. The van der Waals surface area contributed by atoms with Gasteiger partial charge in [-0.25, -0.2) is 4.98 Å². The van der Waals surface area contributed by atoms with Crippen molar-refractivity contribution in [2.45, 2.75) is 0 Å². The molecule has 9 nitrogen and oxygen atoms in total. The number of likely N-dealkylation sites (tertiary alicyclic amines) is 1. The Labute approximate surface area is 160 Å². The van der Waals surface area contributed by atoms with Gasteiger partial charge in [-0.2, -0.15) is 0 Å². The van der Waals surface area contributed by atoms with E-state index in [1.165, 1.54) is 22.3 Å². The lowest BCUT2D eigenvalue weighted by molar-refractivity contribution is -0.402. The third kappa shape index (κ3) is 3.36.